The number of para-hydroxylation sites is 2. The van der Waals surface area contributed by atoms with E-state index in [2.05, 4.69) is 178 Å². The molecular weight excluding hydrogens is 846 g/mol. The van der Waals surface area contributed by atoms with Crippen LogP contribution in [0.2, 0.25) is 0 Å². The number of nitrogens with one attached hydrogen (secondary N) is 1. The summed E-state index contributed by atoms with van der Waals surface area (Å²) in [7, 11) is -1.65. The molecule has 57 heavy (non-hydrogen) atoms. The maximum atomic E-state index is 7.69. The second-order valence-corrected chi connectivity index (χ2v) is 18.2. The summed E-state index contributed by atoms with van der Waals surface area (Å²) >= 11 is 0. The van der Waals surface area contributed by atoms with Crippen molar-refractivity contribution in [2.45, 2.75) is 19.3 Å². The van der Waals surface area contributed by atoms with Gasteiger partial charge in [0.25, 0.3) is 0 Å². The summed E-state index contributed by atoms with van der Waals surface area (Å²) in [6, 6.07) is 75.5. The van der Waals surface area contributed by atoms with Crippen molar-refractivity contribution in [2.24, 2.45) is 0 Å². The first-order chi connectivity index (χ1) is 27.0. The second kappa shape index (κ2) is 19.1. The van der Waals surface area contributed by atoms with Crippen LogP contribution in [0.5, 0.6) is 11.5 Å². The minimum absolute atomic E-state index is 0. The van der Waals surface area contributed by atoms with Gasteiger partial charge in [-0.1, -0.05) is 196 Å². The third kappa shape index (κ3) is 8.86. The number of hydrogen-bond donors (Lipinski definition) is 0. The monoisotopic (exact) mass is 887 g/mol. The average Bonchev–Trinajstić information content (AvgIpc) is 3.24. The van der Waals surface area contributed by atoms with Crippen molar-refractivity contribution < 1.29 is 25.2 Å². The molecule has 0 atom stereocenters. The summed E-state index contributed by atoms with van der Waals surface area (Å²) in [6.07, 6.45) is 0. The van der Waals surface area contributed by atoms with Crippen LogP contribution in [0, 0.1) is 6.07 Å². The standard InChI is InChI=1S/C39H32OP2.C12H9N.ClH.Pd/c1-39(2)33-25-15-27-35(41(29-17-7-3-8-18-29)30-19-9-4-10-20-30)37(33)40-38-34(39)26-16-28-36(38)42(31-21-11-5-12-22-31)32-23-13-6-14-24-32;13-12-9-5-4-8-11(12)10-6-2-1-3-7-10;;/h3-28H,1-2H3;1-6,8-9,13H;1H;/q;-2;;+2. The van der Waals surface area contributed by atoms with Gasteiger partial charge in [-0.2, -0.15) is 5.69 Å². The Hall–Kier alpha value is -4.83. The smallest absolute Gasteiger partial charge is 0.706 e. The molecule has 2 nitrogen and oxygen atoms in total. The van der Waals surface area contributed by atoms with E-state index in [0.717, 1.165) is 22.6 Å². The van der Waals surface area contributed by atoms with Crippen LogP contribution in [-0.2, 0) is 25.8 Å². The summed E-state index contributed by atoms with van der Waals surface area (Å²) in [6.45, 7) is 4.70. The topological polar surface area (TPSA) is 33.0 Å². The van der Waals surface area contributed by atoms with Crippen LogP contribution < -0.4 is 36.6 Å². The molecule has 0 unspecified atom stereocenters. The predicted octanol–water partition coefficient (Wildman–Crippen LogP) is 11.9. The van der Waals surface area contributed by atoms with Gasteiger partial charge in [0.15, 0.2) is 0 Å². The van der Waals surface area contributed by atoms with Crippen molar-refractivity contribution >= 4 is 65.8 Å². The molecule has 9 rings (SSSR count). The molecule has 0 aromatic heterocycles. The van der Waals surface area contributed by atoms with Crippen LogP contribution in [0.25, 0.3) is 16.9 Å². The van der Waals surface area contributed by atoms with Crippen molar-refractivity contribution in [1.29, 1.82) is 0 Å². The number of hydrogen-bond acceptors (Lipinski definition) is 1. The largest absolute Gasteiger partial charge is 2.00 e. The fourth-order valence-electron chi connectivity index (χ4n) is 7.29. The Morgan fingerprint density at radius 2 is 0.842 bits per heavy atom. The molecule has 1 heterocycles. The number of ether oxygens (including phenoxy) is 1. The molecule has 1 N–H and O–H groups in total. The number of fused-ring (bicyclic) bond motifs is 2. The third-order valence-corrected chi connectivity index (χ3v) is 14.9. The summed E-state index contributed by atoms with van der Waals surface area (Å²) in [4.78, 5) is 0. The molecular formula is C51H42ClNOP2Pd. The van der Waals surface area contributed by atoms with Gasteiger partial charge in [-0.05, 0) is 37.1 Å². The predicted molar refractivity (Wildman–Crippen MR) is 244 cm³/mol. The van der Waals surface area contributed by atoms with Gasteiger partial charge < -0.3 is 10.5 Å². The Morgan fingerprint density at radius 1 is 0.456 bits per heavy atom. The van der Waals surface area contributed by atoms with E-state index in [1.807, 2.05) is 42.5 Å². The first-order valence-electron chi connectivity index (χ1n) is 18.5. The second-order valence-electron chi connectivity index (χ2n) is 13.9. The summed E-state index contributed by atoms with van der Waals surface area (Å²) in [5.74, 6) is 2.02. The molecule has 0 spiro atoms. The third-order valence-electron chi connectivity index (χ3n) is 10.0. The molecule has 0 bridgehead atoms. The molecule has 0 radical (unpaired) electrons. The number of halogens is 1. The zero-order valence-corrected chi connectivity index (χ0v) is 35.8. The minimum atomic E-state index is -0.824. The van der Waals surface area contributed by atoms with E-state index < -0.39 is 15.8 Å². The molecule has 0 fully saturated rings. The molecule has 0 amide bonds. The van der Waals surface area contributed by atoms with Gasteiger partial charge in [0, 0.05) is 27.2 Å². The van der Waals surface area contributed by atoms with E-state index >= 15 is 0 Å². The van der Waals surface area contributed by atoms with Crippen molar-refractivity contribution in [2.75, 3.05) is 0 Å². The van der Waals surface area contributed by atoms with Gasteiger partial charge in [-0.3, -0.25) is 0 Å². The molecule has 8 aromatic carbocycles. The molecule has 0 saturated carbocycles. The fourth-order valence-corrected chi connectivity index (χ4v) is 12.1. The maximum absolute atomic E-state index is 7.69. The number of rotatable bonds is 7. The van der Waals surface area contributed by atoms with Crippen LogP contribution >= 0.6 is 28.3 Å². The van der Waals surface area contributed by atoms with Crippen LogP contribution in [-0.4, -0.2) is 0 Å². The Bertz CT molecular complexity index is 2290. The Morgan fingerprint density at radius 3 is 1.23 bits per heavy atom. The van der Waals surface area contributed by atoms with Crippen LogP contribution in [0.15, 0.2) is 206 Å². The molecule has 8 aromatic rings. The number of benzene rings is 8. The summed E-state index contributed by atoms with van der Waals surface area (Å²) in [5.41, 5.74) is 12.4. The molecule has 1 aliphatic heterocycles. The van der Waals surface area contributed by atoms with Crippen LogP contribution in [0.3, 0.4) is 0 Å². The first-order valence-corrected chi connectivity index (χ1v) is 21.2. The van der Waals surface area contributed by atoms with Crippen molar-refractivity contribution in [3.05, 3.63) is 229 Å². The van der Waals surface area contributed by atoms with E-state index in [9.17, 15) is 0 Å². The Balaban J connectivity index is 0.000000312. The average molecular weight is 889 g/mol. The normalized spacial score (nSPS) is 12.1. The first kappa shape index (κ1) is 41.8. The Kier molecular flexibility index (Phi) is 14.0. The van der Waals surface area contributed by atoms with Crippen molar-refractivity contribution in [3.63, 3.8) is 0 Å². The fraction of sp³-hybridized carbons (Fsp3) is 0.0588. The van der Waals surface area contributed by atoms with Gasteiger partial charge in [0.2, 0.25) is 0 Å². The minimum Gasteiger partial charge on any atom is -0.706 e. The van der Waals surface area contributed by atoms with Gasteiger partial charge >= 0.3 is 20.4 Å². The molecule has 6 heteroatoms. The zero-order chi connectivity index (χ0) is 37.6. The molecule has 0 aliphatic carbocycles. The summed E-state index contributed by atoms with van der Waals surface area (Å²) in [5, 5.41) is 7.81. The van der Waals surface area contributed by atoms with Crippen LogP contribution in [0.4, 0.5) is 5.69 Å². The van der Waals surface area contributed by atoms with E-state index in [-0.39, 0.29) is 38.2 Å². The molecule has 284 valence electrons. The summed E-state index contributed by atoms with van der Waals surface area (Å²) < 4.78 is 7.26. The van der Waals surface area contributed by atoms with E-state index in [0.29, 0.717) is 5.69 Å². The van der Waals surface area contributed by atoms with Crippen molar-refractivity contribution in [3.8, 4) is 22.6 Å². The van der Waals surface area contributed by atoms with Gasteiger partial charge in [0.1, 0.15) is 11.5 Å². The van der Waals surface area contributed by atoms with E-state index in [1.165, 1.54) is 43.0 Å². The van der Waals surface area contributed by atoms with Gasteiger partial charge in [-0.15, -0.1) is 53.9 Å². The van der Waals surface area contributed by atoms with Crippen molar-refractivity contribution in [1.82, 2.24) is 0 Å². The Labute approximate surface area is 359 Å². The molecule has 0 saturated heterocycles. The zero-order valence-electron chi connectivity index (χ0n) is 31.7. The van der Waals surface area contributed by atoms with E-state index in [1.54, 1.807) is 6.07 Å². The van der Waals surface area contributed by atoms with Gasteiger partial charge in [0.05, 0.1) is 0 Å². The SMILES string of the molecule is CC1(C)c2cccc(P(c3ccccc3)c3ccccc3)c2Oc2c(P(c3ccccc3)c3ccccc3)cccc21.Cl.[NH-]c1ccccc1-c1[c-]cccc1.[Pd+2]. The maximum Gasteiger partial charge on any atom is 2.00 e. The van der Waals surface area contributed by atoms with Gasteiger partial charge in [-0.25, -0.2) is 0 Å². The molecule has 1 aliphatic rings. The van der Waals surface area contributed by atoms with E-state index in [4.69, 9.17) is 10.5 Å². The van der Waals surface area contributed by atoms with Crippen LogP contribution in [0.1, 0.15) is 25.0 Å². The quantitative estimate of drug-likeness (QED) is 0.0892.